The number of thioether (sulfide) groups is 1. The lowest BCUT2D eigenvalue weighted by Crippen LogP contribution is -2.21. The van der Waals surface area contributed by atoms with E-state index >= 15 is 0 Å². The van der Waals surface area contributed by atoms with Crippen molar-refractivity contribution in [1.29, 1.82) is 0 Å². The lowest BCUT2D eigenvalue weighted by molar-refractivity contribution is 0.645. The molecule has 14 heavy (non-hydrogen) atoms. The predicted octanol–water partition coefficient (Wildman–Crippen LogP) is 2.89. The topological polar surface area (TPSA) is 26.0 Å². The number of hydrogen-bond donors (Lipinski definition) is 1. The Morgan fingerprint density at radius 3 is 3.00 bits per heavy atom. The van der Waals surface area contributed by atoms with Gasteiger partial charge < -0.3 is 5.73 Å². The van der Waals surface area contributed by atoms with Gasteiger partial charge >= 0.3 is 0 Å². The van der Waals surface area contributed by atoms with Crippen molar-refractivity contribution >= 4 is 11.8 Å². The zero-order chi connectivity index (χ0) is 9.97. The summed E-state index contributed by atoms with van der Waals surface area (Å²) in [5, 5.41) is 0.636. The first-order valence-corrected chi connectivity index (χ1v) is 6.26. The molecule has 2 atom stereocenters. The van der Waals surface area contributed by atoms with E-state index in [-0.39, 0.29) is 6.04 Å². The van der Waals surface area contributed by atoms with Crippen molar-refractivity contribution in [2.45, 2.75) is 31.1 Å². The van der Waals surface area contributed by atoms with Gasteiger partial charge in [-0.15, -0.1) is 0 Å². The van der Waals surface area contributed by atoms with Gasteiger partial charge in [0, 0.05) is 11.3 Å². The van der Waals surface area contributed by atoms with Crippen LogP contribution in [0.1, 0.15) is 30.0 Å². The summed E-state index contributed by atoms with van der Waals surface area (Å²) in [7, 11) is 0. The summed E-state index contributed by atoms with van der Waals surface area (Å²) in [4.78, 5) is 0. The van der Waals surface area contributed by atoms with Crippen LogP contribution >= 0.6 is 11.8 Å². The van der Waals surface area contributed by atoms with E-state index in [1.165, 1.54) is 29.7 Å². The molecule has 0 saturated carbocycles. The molecule has 0 spiro atoms. The summed E-state index contributed by atoms with van der Waals surface area (Å²) < 4.78 is 0. The molecule has 1 aliphatic heterocycles. The van der Waals surface area contributed by atoms with Gasteiger partial charge in [0.2, 0.25) is 0 Å². The van der Waals surface area contributed by atoms with Crippen molar-refractivity contribution in [2.24, 2.45) is 5.73 Å². The quantitative estimate of drug-likeness (QED) is 0.807. The summed E-state index contributed by atoms with van der Waals surface area (Å²) in [5.41, 5.74) is 8.85. The minimum absolute atomic E-state index is 0.224. The van der Waals surface area contributed by atoms with Crippen LogP contribution in [0.3, 0.4) is 0 Å². The maximum atomic E-state index is 6.25. The minimum atomic E-state index is 0.224. The molecule has 0 bridgehead atoms. The SMILES string of the molecule is Cc1cccc(C(N)C2CCCS2)c1. The van der Waals surface area contributed by atoms with Crippen LogP contribution in [-0.2, 0) is 0 Å². The van der Waals surface area contributed by atoms with E-state index < -0.39 is 0 Å². The van der Waals surface area contributed by atoms with E-state index in [9.17, 15) is 0 Å². The average molecular weight is 207 g/mol. The number of benzene rings is 1. The molecule has 2 N–H and O–H groups in total. The molecule has 0 aromatic heterocycles. The van der Waals surface area contributed by atoms with Gasteiger partial charge in [-0.05, 0) is 31.1 Å². The molecule has 2 unspecified atom stereocenters. The van der Waals surface area contributed by atoms with Crippen LogP contribution in [0.2, 0.25) is 0 Å². The van der Waals surface area contributed by atoms with E-state index in [4.69, 9.17) is 5.73 Å². The van der Waals surface area contributed by atoms with Crippen molar-refractivity contribution in [3.05, 3.63) is 35.4 Å². The fraction of sp³-hybridized carbons (Fsp3) is 0.500. The normalized spacial score (nSPS) is 23.7. The van der Waals surface area contributed by atoms with E-state index in [1.54, 1.807) is 0 Å². The molecule has 0 aliphatic carbocycles. The third-order valence-electron chi connectivity index (χ3n) is 2.79. The summed E-state index contributed by atoms with van der Waals surface area (Å²) in [6.07, 6.45) is 2.61. The molecule has 2 rings (SSSR count). The lowest BCUT2D eigenvalue weighted by Gasteiger charge is -2.18. The molecule has 1 heterocycles. The number of rotatable bonds is 2. The first-order chi connectivity index (χ1) is 6.77. The zero-order valence-corrected chi connectivity index (χ0v) is 9.39. The largest absolute Gasteiger partial charge is 0.323 e. The van der Waals surface area contributed by atoms with Crippen molar-refractivity contribution in [3.63, 3.8) is 0 Å². The Morgan fingerprint density at radius 2 is 2.36 bits per heavy atom. The van der Waals surface area contributed by atoms with Crippen LogP contribution in [-0.4, -0.2) is 11.0 Å². The third kappa shape index (κ3) is 2.12. The van der Waals surface area contributed by atoms with Crippen LogP contribution in [0.15, 0.2) is 24.3 Å². The van der Waals surface area contributed by atoms with E-state index in [0.29, 0.717) is 5.25 Å². The van der Waals surface area contributed by atoms with Gasteiger partial charge in [0.25, 0.3) is 0 Å². The van der Waals surface area contributed by atoms with Crippen LogP contribution in [0.4, 0.5) is 0 Å². The second kappa shape index (κ2) is 4.37. The highest BCUT2D eigenvalue weighted by molar-refractivity contribution is 8.00. The van der Waals surface area contributed by atoms with Gasteiger partial charge in [-0.25, -0.2) is 0 Å². The molecular formula is C12H17NS. The first kappa shape index (κ1) is 10.1. The zero-order valence-electron chi connectivity index (χ0n) is 8.57. The van der Waals surface area contributed by atoms with E-state index in [1.807, 2.05) is 11.8 Å². The fourth-order valence-corrected chi connectivity index (χ4v) is 3.31. The van der Waals surface area contributed by atoms with Crippen molar-refractivity contribution in [3.8, 4) is 0 Å². The highest BCUT2D eigenvalue weighted by Crippen LogP contribution is 2.34. The molecule has 1 aromatic rings. The highest BCUT2D eigenvalue weighted by Gasteiger charge is 2.23. The maximum absolute atomic E-state index is 6.25. The van der Waals surface area contributed by atoms with E-state index in [2.05, 4.69) is 31.2 Å². The Hall–Kier alpha value is -0.470. The molecule has 2 heteroatoms. The fourth-order valence-electron chi connectivity index (χ4n) is 1.98. The van der Waals surface area contributed by atoms with Gasteiger partial charge in [0.15, 0.2) is 0 Å². The molecule has 0 amide bonds. The molecule has 1 aliphatic rings. The third-order valence-corrected chi connectivity index (χ3v) is 4.27. The van der Waals surface area contributed by atoms with Gasteiger partial charge in [0.05, 0.1) is 0 Å². The van der Waals surface area contributed by atoms with Crippen LogP contribution in [0.5, 0.6) is 0 Å². The Morgan fingerprint density at radius 1 is 1.50 bits per heavy atom. The van der Waals surface area contributed by atoms with Gasteiger partial charge in [-0.2, -0.15) is 11.8 Å². The Kier molecular flexibility index (Phi) is 3.14. The van der Waals surface area contributed by atoms with Crippen molar-refractivity contribution in [2.75, 3.05) is 5.75 Å². The highest BCUT2D eigenvalue weighted by atomic mass is 32.2. The summed E-state index contributed by atoms with van der Waals surface area (Å²) in [5.74, 6) is 1.28. The number of hydrogen-bond acceptors (Lipinski definition) is 2. The monoisotopic (exact) mass is 207 g/mol. The molecule has 1 fully saturated rings. The van der Waals surface area contributed by atoms with Crippen LogP contribution in [0, 0.1) is 6.92 Å². The second-order valence-electron chi connectivity index (χ2n) is 3.99. The summed E-state index contributed by atoms with van der Waals surface area (Å²) >= 11 is 2.03. The predicted molar refractivity (Wildman–Crippen MR) is 63.6 cm³/mol. The summed E-state index contributed by atoms with van der Waals surface area (Å²) in [6, 6.07) is 8.81. The number of aryl methyl sites for hydroxylation is 1. The molecule has 76 valence electrons. The number of nitrogens with two attached hydrogens (primary N) is 1. The average Bonchev–Trinajstić information content (AvgIpc) is 2.69. The van der Waals surface area contributed by atoms with Crippen molar-refractivity contribution < 1.29 is 0 Å². The lowest BCUT2D eigenvalue weighted by atomic mass is 10.0. The minimum Gasteiger partial charge on any atom is -0.323 e. The maximum Gasteiger partial charge on any atom is 0.0415 e. The Balaban J connectivity index is 2.13. The first-order valence-electron chi connectivity index (χ1n) is 5.21. The van der Waals surface area contributed by atoms with Gasteiger partial charge in [-0.1, -0.05) is 29.8 Å². The standard InChI is InChI=1S/C12H17NS/c1-9-4-2-5-10(8-9)12(13)11-6-3-7-14-11/h2,4-5,8,11-12H,3,6-7,13H2,1H3. The molecule has 0 radical (unpaired) electrons. The molecule has 1 aromatic carbocycles. The Labute approximate surface area is 90.1 Å². The van der Waals surface area contributed by atoms with Crippen LogP contribution < -0.4 is 5.73 Å². The van der Waals surface area contributed by atoms with E-state index in [0.717, 1.165) is 0 Å². The molecule has 1 saturated heterocycles. The Bertz CT molecular complexity index is 305. The van der Waals surface area contributed by atoms with Crippen molar-refractivity contribution in [1.82, 2.24) is 0 Å². The molecular weight excluding hydrogens is 190 g/mol. The van der Waals surface area contributed by atoms with Gasteiger partial charge in [0.1, 0.15) is 0 Å². The smallest absolute Gasteiger partial charge is 0.0415 e. The van der Waals surface area contributed by atoms with Crippen LogP contribution in [0.25, 0.3) is 0 Å². The second-order valence-corrected chi connectivity index (χ2v) is 5.34. The molecule has 1 nitrogen and oxygen atoms in total. The van der Waals surface area contributed by atoms with Gasteiger partial charge in [-0.3, -0.25) is 0 Å². The summed E-state index contributed by atoms with van der Waals surface area (Å²) in [6.45, 7) is 2.12.